The molecule has 80 valence electrons. The summed E-state index contributed by atoms with van der Waals surface area (Å²) in [5.41, 5.74) is 2.17. The number of hydrogen-bond acceptors (Lipinski definition) is 2. The van der Waals surface area contributed by atoms with Crippen LogP contribution in [0.2, 0.25) is 0 Å². The molecular formula is C10H17NO2S. The average molecular weight is 215 g/mol. The summed E-state index contributed by atoms with van der Waals surface area (Å²) in [6.07, 6.45) is 5.98. The molecule has 4 heteroatoms. The lowest BCUT2D eigenvalue weighted by Crippen LogP contribution is -2.26. The Morgan fingerprint density at radius 2 is 2.21 bits per heavy atom. The molecule has 0 aliphatic heterocycles. The van der Waals surface area contributed by atoms with Crippen molar-refractivity contribution >= 4 is 10.0 Å². The van der Waals surface area contributed by atoms with Crippen molar-refractivity contribution in [3.05, 3.63) is 23.3 Å². The van der Waals surface area contributed by atoms with Crippen molar-refractivity contribution in [2.75, 3.05) is 12.3 Å². The second kappa shape index (κ2) is 4.75. The fourth-order valence-electron chi connectivity index (χ4n) is 1.52. The number of hydrogen-bond donors (Lipinski definition) is 1. The van der Waals surface area contributed by atoms with Crippen LogP contribution in [0.3, 0.4) is 0 Å². The van der Waals surface area contributed by atoms with Crippen LogP contribution >= 0.6 is 0 Å². The average Bonchev–Trinajstić information content (AvgIpc) is 2.02. The van der Waals surface area contributed by atoms with Crippen LogP contribution in [0.5, 0.6) is 0 Å². The Labute approximate surface area is 85.9 Å². The lowest BCUT2D eigenvalue weighted by Gasteiger charge is -2.11. The molecule has 1 rings (SSSR count). The van der Waals surface area contributed by atoms with Crippen LogP contribution in [0, 0.1) is 0 Å². The molecule has 14 heavy (non-hydrogen) atoms. The monoisotopic (exact) mass is 215 g/mol. The molecule has 0 spiro atoms. The fraction of sp³-hybridized carbons (Fsp3) is 0.600. The minimum Gasteiger partial charge on any atom is -0.215 e. The molecule has 0 unspecified atom stereocenters. The zero-order chi connectivity index (χ0) is 10.6. The van der Waals surface area contributed by atoms with Crippen LogP contribution in [-0.2, 0) is 10.0 Å². The van der Waals surface area contributed by atoms with Crippen molar-refractivity contribution in [2.24, 2.45) is 0 Å². The van der Waals surface area contributed by atoms with Gasteiger partial charge in [0.2, 0.25) is 10.0 Å². The summed E-state index contributed by atoms with van der Waals surface area (Å²) < 4.78 is 25.3. The maximum Gasteiger partial charge on any atom is 0.215 e. The molecule has 0 bridgehead atoms. The molecule has 1 N–H and O–H groups in total. The molecule has 0 atom stereocenters. The molecule has 0 fully saturated rings. The van der Waals surface area contributed by atoms with Gasteiger partial charge in [0.1, 0.15) is 0 Å². The molecule has 0 aromatic carbocycles. The first kappa shape index (κ1) is 11.5. The maximum absolute atomic E-state index is 11.4. The predicted molar refractivity (Wildman–Crippen MR) is 58.5 cm³/mol. The highest BCUT2D eigenvalue weighted by Crippen LogP contribution is 2.17. The van der Waals surface area contributed by atoms with E-state index >= 15 is 0 Å². The zero-order valence-electron chi connectivity index (χ0n) is 8.71. The van der Waals surface area contributed by atoms with Crippen LogP contribution in [0.4, 0.5) is 0 Å². The number of allylic oxidation sites excluding steroid dienone is 3. The molecule has 3 nitrogen and oxygen atoms in total. The first-order valence-electron chi connectivity index (χ1n) is 4.87. The highest BCUT2D eigenvalue weighted by Gasteiger charge is 2.12. The lowest BCUT2D eigenvalue weighted by molar-refractivity contribution is 0.586. The minimum absolute atomic E-state index is 0.109. The summed E-state index contributed by atoms with van der Waals surface area (Å²) in [6.45, 7) is 4.28. The minimum atomic E-state index is -3.12. The second-order valence-corrected chi connectivity index (χ2v) is 5.37. The summed E-state index contributed by atoms with van der Waals surface area (Å²) in [7, 11) is -3.12. The third-order valence-electron chi connectivity index (χ3n) is 2.10. The molecule has 0 aromatic heterocycles. The summed E-state index contributed by atoms with van der Waals surface area (Å²) in [6, 6.07) is 0. The molecule has 0 aromatic rings. The van der Waals surface area contributed by atoms with Crippen LogP contribution < -0.4 is 4.72 Å². The van der Waals surface area contributed by atoms with E-state index in [1.807, 2.05) is 19.1 Å². The van der Waals surface area contributed by atoms with Crippen molar-refractivity contribution < 1.29 is 8.42 Å². The number of nitrogens with one attached hydrogen (secondary N) is 1. The van der Waals surface area contributed by atoms with E-state index in [0.29, 0.717) is 6.54 Å². The third kappa shape index (κ3) is 3.64. The predicted octanol–water partition coefficient (Wildman–Crippen LogP) is 1.59. The Kier molecular flexibility index (Phi) is 3.89. The van der Waals surface area contributed by atoms with Crippen LogP contribution in [0.1, 0.15) is 26.7 Å². The van der Waals surface area contributed by atoms with Crippen molar-refractivity contribution in [1.29, 1.82) is 0 Å². The number of rotatable bonds is 4. The molecule has 0 saturated heterocycles. The molecule has 1 aliphatic carbocycles. The van der Waals surface area contributed by atoms with Crippen molar-refractivity contribution in [3.63, 3.8) is 0 Å². The Hall–Kier alpha value is -0.610. The highest BCUT2D eigenvalue weighted by atomic mass is 32.2. The normalized spacial score (nSPS) is 17.6. The SMILES string of the molecule is CCNS(=O)(=O)CC1=CCCC(C)=C1. The second-order valence-electron chi connectivity index (χ2n) is 3.57. The van der Waals surface area contributed by atoms with Gasteiger partial charge in [0, 0.05) is 6.54 Å². The summed E-state index contributed by atoms with van der Waals surface area (Å²) in [5.74, 6) is 0.109. The van der Waals surface area contributed by atoms with Gasteiger partial charge in [-0.05, 0) is 25.3 Å². The Balaban J connectivity index is 2.65. The quantitative estimate of drug-likeness (QED) is 0.774. The van der Waals surface area contributed by atoms with E-state index in [-0.39, 0.29) is 5.75 Å². The van der Waals surface area contributed by atoms with Crippen molar-refractivity contribution in [2.45, 2.75) is 26.7 Å². The number of sulfonamides is 1. The smallest absolute Gasteiger partial charge is 0.215 e. The summed E-state index contributed by atoms with van der Waals surface area (Å²) >= 11 is 0. The van der Waals surface area contributed by atoms with Crippen LogP contribution in [0.15, 0.2) is 23.3 Å². The van der Waals surface area contributed by atoms with Crippen LogP contribution in [0.25, 0.3) is 0 Å². The van der Waals surface area contributed by atoms with Gasteiger partial charge in [-0.2, -0.15) is 0 Å². The van der Waals surface area contributed by atoms with Crippen molar-refractivity contribution in [3.8, 4) is 0 Å². The first-order valence-corrected chi connectivity index (χ1v) is 6.52. The topological polar surface area (TPSA) is 46.2 Å². The van der Waals surface area contributed by atoms with E-state index in [1.54, 1.807) is 6.92 Å². The molecular weight excluding hydrogens is 198 g/mol. The van der Waals surface area contributed by atoms with E-state index in [2.05, 4.69) is 4.72 Å². The van der Waals surface area contributed by atoms with Gasteiger partial charge in [-0.15, -0.1) is 0 Å². The summed E-state index contributed by atoms with van der Waals surface area (Å²) in [5, 5.41) is 0. The third-order valence-corrected chi connectivity index (χ3v) is 3.54. The molecule has 1 aliphatic rings. The van der Waals surface area contributed by atoms with Crippen molar-refractivity contribution in [1.82, 2.24) is 4.72 Å². The van der Waals surface area contributed by atoms with E-state index in [9.17, 15) is 8.42 Å². The van der Waals surface area contributed by atoms with Gasteiger partial charge in [-0.25, -0.2) is 13.1 Å². The standard InChI is InChI=1S/C10H17NO2S/c1-3-11-14(12,13)8-10-6-4-5-9(2)7-10/h6-7,11H,3-5,8H2,1-2H3. The van der Waals surface area contributed by atoms with E-state index in [0.717, 1.165) is 18.4 Å². The van der Waals surface area contributed by atoms with E-state index in [1.165, 1.54) is 5.57 Å². The first-order chi connectivity index (χ1) is 6.53. The molecule has 0 saturated carbocycles. The fourth-order valence-corrected chi connectivity index (χ4v) is 2.71. The van der Waals surface area contributed by atoms with Crippen LogP contribution in [-0.4, -0.2) is 20.7 Å². The largest absolute Gasteiger partial charge is 0.215 e. The molecule has 0 radical (unpaired) electrons. The van der Waals surface area contributed by atoms with Gasteiger partial charge in [0.25, 0.3) is 0 Å². The molecule has 0 amide bonds. The maximum atomic E-state index is 11.4. The Morgan fingerprint density at radius 1 is 1.50 bits per heavy atom. The Morgan fingerprint density at radius 3 is 2.79 bits per heavy atom. The van der Waals surface area contributed by atoms with Gasteiger partial charge < -0.3 is 0 Å². The van der Waals surface area contributed by atoms with Gasteiger partial charge in [0.15, 0.2) is 0 Å². The highest BCUT2D eigenvalue weighted by molar-refractivity contribution is 7.89. The summed E-state index contributed by atoms with van der Waals surface area (Å²) in [4.78, 5) is 0. The molecule has 0 heterocycles. The van der Waals surface area contributed by atoms with E-state index < -0.39 is 10.0 Å². The lowest BCUT2D eigenvalue weighted by atomic mass is 10.0. The van der Waals surface area contributed by atoms with E-state index in [4.69, 9.17) is 0 Å². The van der Waals surface area contributed by atoms with Gasteiger partial charge >= 0.3 is 0 Å². The van der Waals surface area contributed by atoms with Gasteiger partial charge in [-0.1, -0.05) is 24.6 Å². The van der Waals surface area contributed by atoms with Gasteiger partial charge in [0.05, 0.1) is 5.75 Å². The zero-order valence-corrected chi connectivity index (χ0v) is 9.52. The van der Waals surface area contributed by atoms with Gasteiger partial charge in [-0.3, -0.25) is 0 Å². The Bertz CT molecular complexity index is 352.